The highest BCUT2D eigenvalue weighted by Gasteiger charge is 2.39. The fourth-order valence-electron chi connectivity index (χ4n) is 0.930. The summed E-state index contributed by atoms with van der Waals surface area (Å²) in [6.45, 7) is 3.37. The third-order valence-corrected chi connectivity index (χ3v) is 1.81. The van der Waals surface area contributed by atoms with Crippen molar-refractivity contribution in [3.8, 4) is 0 Å². The number of nitrogens with one attached hydrogen (secondary N) is 2. The zero-order chi connectivity index (χ0) is 8.43. The van der Waals surface area contributed by atoms with Crippen molar-refractivity contribution in [3.63, 3.8) is 0 Å². The van der Waals surface area contributed by atoms with Crippen molar-refractivity contribution in [1.82, 2.24) is 10.9 Å². The Labute approximate surface area is 65.3 Å². The first-order valence-corrected chi connectivity index (χ1v) is 3.67. The number of amides is 2. The molecule has 0 aromatic carbocycles. The van der Waals surface area contributed by atoms with Gasteiger partial charge in [-0.1, -0.05) is 6.92 Å². The van der Waals surface area contributed by atoms with Gasteiger partial charge >= 0.3 is 0 Å². The second-order valence-corrected chi connectivity index (χ2v) is 2.99. The highest BCUT2D eigenvalue weighted by Crippen LogP contribution is 2.37. The number of rotatable bonds is 1. The minimum atomic E-state index is -0.244. The zero-order valence-electron chi connectivity index (χ0n) is 6.68. The van der Waals surface area contributed by atoms with Crippen LogP contribution in [0, 0.1) is 11.8 Å². The number of carbonyl (C=O) groups excluding carboxylic acids is 2. The van der Waals surface area contributed by atoms with Crippen LogP contribution in [0.15, 0.2) is 0 Å². The van der Waals surface area contributed by atoms with Crippen LogP contribution in [0.2, 0.25) is 0 Å². The van der Waals surface area contributed by atoms with E-state index in [1.54, 1.807) is 0 Å². The Morgan fingerprint density at radius 2 is 1.91 bits per heavy atom. The van der Waals surface area contributed by atoms with Gasteiger partial charge in [-0.25, -0.2) is 0 Å². The lowest BCUT2D eigenvalue weighted by Gasteiger charge is -2.02. The molecule has 0 spiro atoms. The number of hydrogen-bond donors (Lipinski definition) is 2. The molecule has 0 radical (unpaired) electrons. The van der Waals surface area contributed by atoms with Gasteiger partial charge in [-0.15, -0.1) is 0 Å². The van der Waals surface area contributed by atoms with Crippen molar-refractivity contribution in [2.45, 2.75) is 20.3 Å². The molecule has 1 saturated carbocycles. The van der Waals surface area contributed by atoms with Gasteiger partial charge in [0.25, 0.3) is 0 Å². The number of hydrazine groups is 1. The lowest BCUT2D eigenvalue weighted by atomic mass is 10.3. The lowest BCUT2D eigenvalue weighted by Crippen LogP contribution is -2.41. The number of carbonyl (C=O) groups is 2. The molecule has 62 valence electrons. The molecule has 1 aliphatic carbocycles. The van der Waals surface area contributed by atoms with Crippen LogP contribution in [-0.4, -0.2) is 11.8 Å². The Balaban J connectivity index is 2.17. The van der Waals surface area contributed by atoms with Crippen molar-refractivity contribution in [2.75, 3.05) is 0 Å². The Hall–Kier alpha value is -1.06. The summed E-state index contributed by atoms with van der Waals surface area (Å²) in [4.78, 5) is 21.3. The van der Waals surface area contributed by atoms with Crippen molar-refractivity contribution < 1.29 is 9.59 Å². The van der Waals surface area contributed by atoms with E-state index in [0.717, 1.165) is 6.42 Å². The van der Waals surface area contributed by atoms with E-state index in [0.29, 0.717) is 5.92 Å². The topological polar surface area (TPSA) is 58.2 Å². The average Bonchev–Trinajstić information content (AvgIpc) is 2.61. The summed E-state index contributed by atoms with van der Waals surface area (Å²) in [5.41, 5.74) is 4.58. The van der Waals surface area contributed by atoms with E-state index in [1.807, 2.05) is 6.92 Å². The van der Waals surface area contributed by atoms with E-state index < -0.39 is 0 Å². The molecule has 1 fully saturated rings. The molecule has 1 rings (SSSR count). The Morgan fingerprint density at radius 3 is 2.27 bits per heavy atom. The molecule has 4 nitrogen and oxygen atoms in total. The second-order valence-electron chi connectivity index (χ2n) is 2.99. The molecule has 2 N–H and O–H groups in total. The van der Waals surface area contributed by atoms with E-state index in [-0.39, 0.29) is 17.7 Å². The van der Waals surface area contributed by atoms with Gasteiger partial charge in [0.05, 0.1) is 0 Å². The van der Waals surface area contributed by atoms with E-state index in [4.69, 9.17) is 0 Å². The van der Waals surface area contributed by atoms with E-state index in [1.165, 1.54) is 6.92 Å². The van der Waals surface area contributed by atoms with Crippen molar-refractivity contribution in [2.24, 2.45) is 11.8 Å². The molecule has 0 unspecified atom stereocenters. The third kappa shape index (κ3) is 2.22. The van der Waals surface area contributed by atoms with Crippen LogP contribution in [0.3, 0.4) is 0 Å². The monoisotopic (exact) mass is 156 g/mol. The predicted octanol–water partition coefficient (Wildman–Crippen LogP) is -0.190. The van der Waals surface area contributed by atoms with Crippen molar-refractivity contribution in [3.05, 3.63) is 0 Å². The maximum Gasteiger partial charge on any atom is 0.241 e. The quantitative estimate of drug-likeness (QED) is 0.517. The van der Waals surface area contributed by atoms with Gasteiger partial charge in [-0.3, -0.25) is 20.4 Å². The molecular weight excluding hydrogens is 144 g/mol. The van der Waals surface area contributed by atoms with Crippen LogP contribution in [-0.2, 0) is 9.59 Å². The summed E-state index contributed by atoms with van der Waals surface area (Å²) < 4.78 is 0. The Kier molecular flexibility index (Phi) is 2.12. The molecule has 0 bridgehead atoms. The van der Waals surface area contributed by atoms with Crippen molar-refractivity contribution >= 4 is 11.8 Å². The zero-order valence-corrected chi connectivity index (χ0v) is 6.68. The molecule has 11 heavy (non-hydrogen) atoms. The van der Waals surface area contributed by atoms with E-state index in [2.05, 4.69) is 10.9 Å². The molecule has 0 aromatic rings. The Morgan fingerprint density at radius 1 is 1.36 bits per heavy atom. The highest BCUT2D eigenvalue weighted by atomic mass is 16.2. The van der Waals surface area contributed by atoms with Crippen LogP contribution in [0.25, 0.3) is 0 Å². The van der Waals surface area contributed by atoms with E-state index in [9.17, 15) is 9.59 Å². The second kappa shape index (κ2) is 2.90. The van der Waals surface area contributed by atoms with Crippen molar-refractivity contribution in [1.29, 1.82) is 0 Å². The fraction of sp³-hybridized carbons (Fsp3) is 0.714. The molecule has 2 amide bonds. The molecule has 2 atom stereocenters. The summed E-state index contributed by atoms with van der Waals surface area (Å²) in [7, 11) is 0. The minimum Gasteiger partial charge on any atom is -0.274 e. The molecule has 4 heteroatoms. The van der Waals surface area contributed by atoms with Gasteiger partial charge in [0.1, 0.15) is 0 Å². The summed E-state index contributed by atoms with van der Waals surface area (Å²) in [6, 6.07) is 0. The SMILES string of the molecule is CC(=O)NNC(=O)[C@@H]1C[C@H]1C. The predicted molar refractivity (Wildman–Crippen MR) is 39.2 cm³/mol. The summed E-state index contributed by atoms with van der Waals surface area (Å²) >= 11 is 0. The van der Waals surface area contributed by atoms with Crippen LogP contribution >= 0.6 is 0 Å². The van der Waals surface area contributed by atoms with Crippen LogP contribution < -0.4 is 10.9 Å². The smallest absolute Gasteiger partial charge is 0.241 e. The fourth-order valence-corrected chi connectivity index (χ4v) is 0.930. The largest absolute Gasteiger partial charge is 0.274 e. The van der Waals surface area contributed by atoms with Gasteiger partial charge in [-0.05, 0) is 12.3 Å². The Bertz CT molecular complexity index is 191. The van der Waals surface area contributed by atoms with E-state index >= 15 is 0 Å². The third-order valence-electron chi connectivity index (χ3n) is 1.81. The summed E-state index contributed by atoms with van der Waals surface area (Å²) in [6.07, 6.45) is 0.936. The molecule has 0 aliphatic heterocycles. The molecule has 0 heterocycles. The van der Waals surface area contributed by atoms with Gasteiger partial charge in [-0.2, -0.15) is 0 Å². The maximum atomic E-state index is 11.0. The summed E-state index contributed by atoms with van der Waals surface area (Å²) in [5.74, 6) is 0.268. The minimum absolute atomic E-state index is 0.0762. The molecule has 0 saturated heterocycles. The highest BCUT2D eigenvalue weighted by molar-refractivity contribution is 5.84. The van der Waals surface area contributed by atoms with Gasteiger partial charge in [0.15, 0.2) is 0 Å². The first-order chi connectivity index (χ1) is 5.11. The number of hydrogen-bond acceptors (Lipinski definition) is 2. The molecule has 0 aromatic heterocycles. The van der Waals surface area contributed by atoms with Gasteiger partial charge in [0.2, 0.25) is 11.8 Å². The molecular formula is C7H12N2O2. The molecule has 1 aliphatic rings. The van der Waals surface area contributed by atoms with Gasteiger partial charge < -0.3 is 0 Å². The van der Waals surface area contributed by atoms with Crippen LogP contribution in [0.5, 0.6) is 0 Å². The lowest BCUT2D eigenvalue weighted by molar-refractivity contribution is -0.128. The normalized spacial score (nSPS) is 27.5. The maximum absolute atomic E-state index is 11.0. The first kappa shape index (κ1) is 8.04. The standard InChI is InChI=1S/C7H12N2O2/c1-4-3-6(4)7(11)9-8-5(2)10/h4,6H,3H2,1-2H3,(H,8,10)(H,9,11)/t4-,6-/m1/s1. The van der Waals surface area contributed by atoms with Crippen LogP contribution in [0.1, 0.15) is 20.3 Å². The first-order valence-electron chi connectivity index (χ1n) is 3.67. The summed E-state index contributed by atoms with van der Waals surface area (Å²) in [5, 5.41) is 0. The average molecular weight is 156 g/mol. The van der Waals surface area contributed by atoms with Gasteiger partial charge in [0, 0.05) is 12.8 Å². The van der Waals surface area contributed by atoms with Crippen LogP contribution in [0.4, 0.5) is 0 Å².